The molecule has 0 amide bonds. The summed E-state index contributed by atoms with van der Waals surface area (Å²) in [7, 11) is -5.34. The fourth-order valence-electron chi connectivity index (χ4n) is 0.301. The molecule has 0 heterocycles. The van der Waals surface area contributed by atoms with Gasteiger partial charge in [0.05, 0.1) is 0 Å². The van der Waals surface area contributed by atoms with Crippen molar-refractivity contribution < 1.29 is 31.9 Å². The van der Waals surface area contributed by atoms with Crippen LogP contribution in [0.25, 0.3) is 0 Å². The maximum atomic E-state index is 11.0. The van der Waals surface area contributed by atoms with Crippen LogP contribution in [0.1, 0.15) is 0 Å². The zero-order chi connectivity index (χ0) is 9.83. The Morgan fingerprint density at radius 2 is 1.42 bits per heavy atom. The molecule has 0 saturated carbocycles. The van der Waals surface area contributed by atoms with Crippen molar-refractivity contribution in [3.05, 3.63) is 0 Å². The van der Waals surface area contributed by atoms with Gasteiger partial charge in [0, 0.05) is 21.3 Å². The van der Waals surface area contributed by atoms with Gasteiger partial charge in [0.1, 0.15) is 0 Å². The summed E-state index contributed by atoms with van der Waals surface area (Å²) in [5, 5.41) is 0. The highest BCUT2D eigenvalue weighted by Crippen LogP contribution is 2.62. The minimum atomic E-state index is -4.34. The van der Waals surface area contributed by atoms with Gasteiger partial charge in [-0.05, 0) is 0 Å². The molecule has 0 radical (unpaired) electrons. The Bertz CT molecular complexity index is 217. The van der Waals surface area contributed by atoms with Gasteiger partial charge in [-0.3, -0.25) is 13.6 Å². The number of phosphoric ester groups is 2. The lowest BCUT2D eigenvalue weighted by molar-refractivity contribution is 0.171. The van der Waals surface area contributed by atoms with E-state index in [2.05, 4.69) is 17.9 Å². The van der Waals surface area contributed by atoms with Crippen LogP contribution < -0.4 is 0 Å². The molecule has 12 heavy (non-hydrogen) atoms. The summed E-state index contributed by atoms with van der Waals surface area (Å²) in [5.74, 6) is 0. The Morgan fingerprint density at radius 3 is 1.67 bits per heavy atom. The standard InChI is InChI=1S/C3H10O7P2/c1-7-11(4,5)10-12(6,8-2)9-3/h1-3H3,(H,4,5). The molecule has 0 spiro atoms. The van der Waals surface area contributed by atoms with E-state index >= 15 is 0 Å². The van der Waals surface area contributed by atoms with Crippen LogP contribution in [-0.2, 0) is 27.0 Å². The summed E-state index contributed by atoms with van der Waals surface area (Å²) < 4.78 is 38.3. The largest absolute Gasteiger partial charge is 0.483 e. The maximum absolute atomic E-state index is 11.0. The summed E-state index contributed by atoms with van der Waals surface area (Å²) in [6.45, 7) is 0. The van der Waals surface area contributed by atoms with Crippen LogP contribution in [0.3, 0.4) is 0 Å². The third-order valence-corrected chi connectivity index (χ3v) is 3.86. The van der Waals surface area contributed by atoms with E-state index in [1.165, 1.54) is 0 Å². The molecule has 9 heteroatoms. The van der Waals surface area contributed by atoms with Crippen LogP contribution in [0.15, 0.2) is 0 Å². The van der Waals surface area contributed by atoms with Gasteiger partial charge in [0.15, 0.2) is 0 Å². The average molecular weight is 220 g/mol. The maximum Gasteiger partial charge on any atom is 0.483 e. The van der Waals surface area contributed by atoms with E-state index in [9.17, 15) is 9.13 Å². The van der Waals surface area contributed by atoms with Crippen LogP contribution in [0, 0.1) is 0 Å². The molecule has 0 aromatic rings. The lowest BCUT2D eigenvalue weighted by Gasteiger charge is -2.15. The lowest BCUT2D eigenvalue weighted by atomic mass is 11.8. The molecular formula is C3H10O7P2. The van der Waals surface area contributed by atoms with E-state index in [1.807, 2.05) is 0 Å². The second-order valence-electron chi connectivity index (χ2n) is 1.55. The number of hydrogen-bond donors (Lipinski definition) is 1. The van der Waals surface area contributed by atoms with Crippen molar-refractivity contribution in [2.75, 3.05) is 21.3 Å². The van der Waals surface area contributed by atoms with Crippen LogP contribution >= 0.6 is 15.6 Å². The molecule has 0 aromatic heterocycles. The number of rotatable bonds is 5. The molecule has 74 valence electrons. The first-order valence-electron chi connectivity index (χ1n) is 2.70. The fourth-order valence-corrected chi connectivity index (χ4v) is 2.26. The topological polar surface area (TPSA) is 91.3 Å². The monoisotopic (exact) mass is 220 g/mol. The smallest absolute Gasteiger partial charge is 0.302 e. The summed E-state index contributed by atoms with van der Waals surface area (Å²) in [4.78, 5) is 8.70. The quantitative estimate of drug-likeness (QED) is 0.694. The molecule has 0 aliphatic rings. The predicted octanol–water partition coefficient (Wildman–Crippen LogP) is 1.15. The number of phosphoric acid groups is 2. The average Bonchev–Trinajstić information content (AvgIpc) is 2.04. The molecular weight excluding hydrogens is 210 g/mol. The van der Waals surface area contributed by atoms with E-state index in [0.29, 0.717) is 0 Å². The molecule has 0 aromatic carbocycles. The molecule has 0 aliphatic carbocycles. The Labute approximate surface area is 69.8 Å². The molecule has 1 atom stereocenters. The van der Waals surface area contributed by atoms with Crippen molar-refractivity contribution in [1.29, 1.82) is 0 Å². The third-order valence-electron chi connectivity index (χ3n) is 0.881. The Hall–Kier alpha value is 0.260. The highest BCUT2D eigenvalue weighted by molar-refractivity contribution is 7.61. The highest BCUT2D eigenvalue weighted by atomic mass is 31.3. The molecule has 7 nitrogen and oxygen atoms in total. The first-order chi connectivity index (χ1) is 5.39. The zero-order valence-electron chi connectivity index (χ0n) is 6.79. The van der Waals surface area contributed by atoms with Crippen molar-refractivity contribution in [2.45, 2.75) is 0 Å². The van der Waals surface area contributed by atoms with E-state index in [-0.39, 0.29) is 0 Å². The molecule has 0 rings (SSSR count). The van der Waals surface area contributed by atoms with Gasteiger partial charge in [-0.15, -0.1) is 0 Å². The normalized spacial score (nSPS) is 17.3. The Morgan fingerprint density at radius 1 is 1.00 bits per heavy atom. The minimum Gasteiger partial charge on any atom is -0.302 e. The third kappa shape index (κ3) is 3.78. The van der Waals surface area contributed by atoms with Gasteiger partial charge in [-0.25, -0.2) is 9.13 Å². The van der Waals surface area contributed by atoms with E-state index in [0.717, 1.165) is 21.3 Å². The van der Waals surface area contributed by atoms with Gasteiger partial charge in [0.2, 0.25) is 0 Å². The van der Waals surface area contributed by atoms with E-state index in [1.54, 1.807) is 0 Å². The van der Waals surface area contributed by atoms with Gasteiger partial charge in [-0.2, -0.15) is 4.31 Å². The first-order valence-corrected chi connectivity index (χ1v) is 5.66. The van der Waals surface area contributed by atoms with Crippen molar-refractivity contribution in [2.24, 2.45) is 0 Å². The summed E-state index contributed by atoms with van der Waals surface area (Å²) in [5.41, 5.74) is 0. The van der Waals surface area contributed by atoms with Gasteiger partial charge in [0.25, 0.3) is 0 Å². The summed E-state index contributed by atoms with van der Waals surface area (Å²) in [6.07, 6.45) is 0. The molecule has 1 N–H and O–H groups in total. The molecule has 0 fully saturated rings. The molecule has 1 unspecified atom stereocenters. The second kappa shape index (κ2) is 4.48. The Balaban J connectivity index is 4.42. The fraction of sp³-hybridized carbons (Fsp3) is 1.00. The van der Waals surface area contributed by atoms with Crippen molar-refractivity contribution >= 4 is 15.6 Å². The molecule has 0 aliphatic heterocycles. The van der Waals surface area contributed by atoms with Crippen LogP contribution in [0.2, 0.25) is 0 Å². The summed E-state index contributed by atoms with van der Waals surface area (Å²) in [6, 6.07) is 0. The highest BCUT2D eigenvalue weighted by Gasteiger charge is 2.35. The predicted molar refractivity (Wildman–Crippen MR) is 39.5 cm³/mol. The van der Waals surface area contributed by atoms with Gasteiger partial charge < -0.3 is 4.89 Å². The summed E-state index contributed by atoms with van der Waals surface area (Å²) >= 11 is 0. The number of hydrogen-bond acceptors (Lipinski definition) is 6. The minimum absolute atomic E-state index is 0.927. The first kappa shape index (κ1) is 12.3. The van der Waals surface area contributed by atoms with Gasteiger partial charge >= 0.3 is 15.6 Å². The van der Waals surface area contributed by atoms with Crippen molar-refractivity contribution in [3.63, 3.8) is 0 Å². The second-order valence-corrected chi connectivity index (χ2v) is 5.13. The molecule has 0 saturated heterocycles. The van der Waals surface area contributed by atoms with E-state index in [4.69, 9.17) is 4.89 Å². The Kier molecular flexibility index (Phi) is 4.58. The zero-order valence-corrected chi connectivity index (χ0v) is 8.58. The van der Waals surface area contributed by atoms with Crippen molar-refractivity contribution in [1.82, 2.24) is 0 Å². The van der Waals surface area contributed by atoms with Crippen LogP contribution in [-0.4, -0.2) is 26.2 Å². The van der Waals surface area contributed by atoms with E-state index < -0.39 is 15.6 Å². The van der Waals surface area contributed by atoms with Gasteiger partial charge in [-0.1, -0.05) is 0 Å². The lowest BCUT2D eigenvalue weighted by Crippen LogP contribution is -1.94. The van der Waals surface area contributed by atoms with Crippen molar-refractivity contribution in [3.8, 4) is 0 Å². The van der Waals surface area contributed by atoms with Crippen LogP contribution in [0.5, 0.6) is 0 Å². The molecule has 0 bridgehead atoms. The van der Waals surface area contributed by atoms with Crippen LogP contribution in [0.4, 0.5) is 0 Å². The SMILES string of the molecule is COP(=O)(O)OP(=O)(OC)OC.